The van der Waals surface area contributed by atoms with Gasteiger partial charge in [-0.3, -0.25) is 4.79 Å². The van der Waals surface area contributed by atoms with Gasteiger partial charge in [-0.05, 0) is 38.1 Å². The van der Waals surface area contributed by atoms with Crippen molar-refractivity contribution >= 4 is 17.3 Å². The first-order valence-electron chi connectivity index (χ1n) is 10.7. The fraction of sp³-hybridized carbons (Fsp3) is 0.348. The molecule has 0 atom stereocenters. The Morgan fingerprint density at radius 1 is 1.06 bits per heavy atom. The summed E-state index contributed by atoms with van der Waals surface area (Å²) in [6.45, 7) is 7.73. The van der Waals surface area contributed by atoms with E-state index in [0.29, 0.717) is 49.2 Å². The molecule has 2 aromatic carbocycles. The van der Waals surface area contributed by atoms with Crippen LogP contribution in [0.15, 0.2) is 49.1 Å². The number of rotatable bonds is 8. The molecule has 32 heavy (non-hydrogen) atoms. The van der Waals surface area contributed by atoms with Crippen molar-refractivity contribution in [2.24, 2.45) is 0 Å². The standard InChI is InChI=1S/C23H27N5O4/c1-3-31-21-14-20(27-9-11-30-12-10-27)22(32-4-2)13-19(21)26-23(29)17-5-7-18(8-6-17)28-16-24-15-25-28/h5-8,13-16H,3-4,9-12H2,1-2H3,(H,26,29). The highest BCUT2D eigenvalue weighted by molar-refractivity contribution is 6.05. The maximum Gasteiger partial charge on any atom is 0.255 e. The zero-order valence-corrected chi connectivity index (χ0v) is 18.3. The zero-order valence-electron chi connectivity index (χ0n) is 18.3. The summed E-state index contributed by atoms with van der Waals surface area (Å²) in [6.07, 6.45) is 3.07. The van der Waals surface area contributed by atoms with E-state index in [0.717, 1.165) is 24.5 Å². The Kier molecular flexibility index (Phi) is 6.86. The van der Waals surface area contributed by atoms with Gasteiger partial charge in [-0.25, -0.2) is 9.67 Å². The molecule has 1 fully saturated rings. The minimum Gasteiger partial charge on any atom is -0.492 e. The van der Waals surface area contributed by atoms with Gasteiger partial charge in [0.15, 0.2) is 0 Å². The molecule has 0 bridgehead atoms. The van der Waals surface area contributed by atoms with Crippen molar-refractivity contribution in [3.05, 3.63) is 54.6 Å². The molecule has 9 nitrogen and oxygen atoms in total. The predicted molar refractivity (Wildman–Crippen MR) is 121 cm³/mol. The SMILES string of the molecule is CCOc1cc(N2CCOCC2)c(OCC)cc1NC(=O)c1ccc(-n2cncn2)cc1. The van der Waals surface area contributed by atoms with Crippen LogP contribution in [-0.2, 0) is 4.74 Å². The maximum atomic E-state index is 13.0. The van der Waals surface area contributed by atoms with E-state index in [4.69, 9.17) is 14.2 Å². The van der Waals surface area contributed by atoms with E-state index in [1.165, 1.54) is 6.33 Å². The lowest BCUT2D eigenvalue weighted by atomic mass is 10.1. The Labute approximate surface area is 186 Å². The highest BCUT2D eigenvalue weighted by atomic mass is 16.5. The molecule has 1 aliphatic rings. The van der Waals surface area contributed by atoms with Gasteiger partial charge in [-0.1, -0.05) is 0 Å². The van der Waals surface area contributed by atoms with E-state index in [1.807, 2.05) is 38.1 Å². The lowest BCUT2D eigenvalue weighted by molar-refractivity contribution is 0.102. The largest absolute Gasteiger partial charge is 0.492 e. The number of nitrogens with zero attached hydrogens (tertiary/aromatic N) is 4. The Hall–Kier alpha value is -3.59. The zero-order chi connectivity index (χ0) is 22.3. The van der Waals surface area contributed by atoms with Crippen LogP contribution >= 0.6 is 0 Å². The molecule has 1 aromatic heterocycles. The molecule has 0 radical (unpaired) electrons. The molecule has 0 unspecified atom stereocenters. The van der Waals surface area contributed by atoms with Crippen molar-refractivity contribution in [1.82, 2.24) is 14.8 Å². The van der Waals surface area contributed by atoms with Gasteiger partial charge in [0.05, 0.1) is 43.5 Å². The number of aromatic nitrogens is 3. The molecule has 1 saturated heterocycles. The summed E-state index contributed by atoms with van der Waals surface area (Å²) < 4.78 is 18.9. The van der Waals surface area contributed by atoms with Crippen LogP contribution in [0.2, 0.25) is 0 Å². The third-order valence-electron chi connectivity index (χ3n) is 5.07. The lowest BCUT2D eigenvalue weighted by Crippen LogP contribution is -2.36. The number of amides is 1. The summed E-state index contributed by atoms with van der Waals surface area (Å²) >= 11 is 0. The summed E-state index contributed by atoms with van der Waals surface area (Å²) in [5, 5.41) is 7.07. The van der Waals surface area contributed by atoms with Crippen molar-refractivity contribution in [2.75, 3.05) is 49.7 Å². The quantitative estimate of drug-likeness (QED) is 0.579. The van der Waals surface area contributed by atoms with Crippen LogP contribution in [0.1, 0.15) is 24.2 Å². The van der Waals surface area contributed by atoms with Crippen LogP contribution in [0.25, 0.3) is 5.69 Å². The normalized spacial score (nSPS) is 13.6. The van der Waals surface area contributed by atoms with Crippen molar-refractivity contribution in [1.29, 1.82) is 0 Å². The second kappa shape index (κ2) is 10.1. The molecule has 0 spiro atoms. The molecule has 2 heterocycles. The lowest BCUT2D eigenvalue weighted by Gasteiger charge is -2.31. The van der Waals surface area contributed by atoms with Gasteiger partial charge in [0.1, 0.15) is 24.2 Å². The number of hydrogen-bond acceptors (Lipinski definition) is 7. The second-order valence-electron chi connectivity index (χ2n) is 7.12. The summed E-state index contributed by atoms with van der Waals surface area (Å²) in [6, 6.07) is 10.9. The minimum atomic E-state index is -0.238. The third kappa shape index (κ3) is 4.83. The Bertz CT molecular complexity index is 1030. The highest BCUT2D eigenvalue weighted by Gasteiger charge is 2.20. The smallest absolute Gasteiger partial charge is 0.255 e. The average molecular weight is 438 g/mol. The summed E-state index contributed by atoms with van der Waals surface area (Å²) in [4.78, 5) is 19.1. The van der Waals surface area contributed by atoms with E-state index in [2.05, 4.69) is 20.3 Å². The van der Waals surface area contributed by atoms with Gasteiger partial charge in [0, 0.05) is 30.8 Å². The first-order valence-corrected chi connectivity index (χ1v) is 10.7. The van der Waals surface area contributed by atoms with Gasteiger partial charge in [-0.2, -0.15) is 5.10 Å². The molecular formula is C23H27N5O4. The summed E-state index contributed by atoms with van der Waals surface area (Å²) in [7, 11) is 0. The van der Waals surface area contributed by atoms with E-state index >= 15 is 0 Å². The van der Waals surface area contributed by atoms with Crippen molar-refractivity contribution in [2.45, 2.75) is 13.8 Å². The van der Waals surface area contributed by atoms with Gasteiger partial charge >= 0.3 is 0 Å². The molecule has 0 saturated carbocycles. The summed E-state index contributed by atoms with van der Waals surface area (Å²) in [5.74, 6) is 1.07. The van der Waals surface area contributed by atoms with Gasteiger partial charge in [-0.15, -0.1) is 0 Å². The number of morpholine rings is 1. The van der Waals surface area contributed by atoms with Gasteiger partial charge in [0.25, 0.3) is 5.91 Å². The molecule has 168 valence electrons. The minimum absolute atomic E-state index is 0.238. The molecule has 1 aliphatic heterocycles. The summed E-state index contributed by atoms with van der Waals surface area (Å²) in [5.41, 5.74) is 2.85. The predicted octanol–water partition coefficient (Wildman–Crippen LogP) is 3.15. The van der Waals surface area contributed by atoms with Crippen LogP contribution < -0.4 is 19.7 Å². The number of hydrogen-bond donors (Lipinski definition) is 1. The molecular weight excluding hydrogens is 410 g/mol. The van der Waals surface area contributed by atoms with Crippen LogP contribution in [0, 0.1) is 0 Å². The maximum absolute atomic E-state index is 13.0. The van der Waals surface area contributed by atoms with E-state index < -0.39 is 0 Å². The fourth-order valence-corrected chi connectivity index (χ4v) is 3.55. The topological polar surface area (TPSA) is 90.7 Å². The number of benzene rings is 2. The van der Waals surface area contributed by atoms with Crippen LogP contribution in [0.5, 0.6) is 11.5 Å². The number of nitrogens with one attached hydrogen (secondary N) is 1. The second-order valence-corrected chi connectivity index (χ2v) is 7.12. The highest BCUT2D eigenvalue weighted by Crippen LogP contribution is 2.39. The Balaban J connectivity index is 1.59. The molecule has 3 aromatic rings. The first-order chi connectivity index (χ1) is 15.7. The van der Waals surface area contributed by atoms with Gasteiger partial charge < -0.3 is 24.4 Å². The third-order valence-corrected chi connectivity index (χ3v) is 5.07. The molecule has 9 heteroatoms. The number of carbonyl (C=O) groups is 1. The first kappa shape index (κ1) is 21.6. The number of carbonyl (C=O) groups excluding carboxylic acids is 1. The fourth-order valence-electron chi connectivity index (χ4n) is 3.55. The monoisotopic (exact) mass is 437 g/mol. The van der Waals surface area contributed by atoms with Crippen molar-refractivity contribution in [3.8, 4) is 17.2 Å². The van der Waals surface area contributed by atoms with E-state index in [1.54, 1.807) is 23.1 Å². The van der Waals surface area contributed by atoms with Crippen LogP contribution in [-0.4, -0.2) is 60.2 Å². The van der Waals surface area contributed by atoms with Crippen LogP contribution in [0.3, 0.4) is 0 Å². The molecule has 1 amide bonds. The van der Waals surface area contributed by atoms with Gasteiger partial charge in [0.2, 0.25) is 0 Å². The van der Waals surface area contributed by atoms with Crippen molar-refractivity contribution < 1.29 is 19.0 Å². The van der Waals surface area contributed by atoms with Crippen molar-refractivity contribution in [3.63, 3.8) is 0 Å². The number of anilines is 2. The number of ether oxygens (including phenoxy) is 3. The molecule has 4 rings (SSSR count). The molecule has 1 N–H and O–H groups in total. The molecule has 0 aliphatic carbocycles. The van der Waals surface area contributed by atoms with E-state index in [-0.39, 0.29) is 5.91 Å². The van der Waals surface area contributed by atoms with E-state index in [9.17, 15) is 4.79 Å². The Morgan fingerprint density at radius 3 is 2.44 bits per heavy atom. The van der Waals surface area contributed by atoms with Crippen LogP contribution in [0.4, 0.5) is 11.4 Å². The Morgan fingerprint density at radius 2 is 1.78 bits per heavy atom. The average Bonchev–Trinajstić information content (AvgIpc) is 3.36.